The molecule has 0 unspecified atom stereocenters. The Morgan fingerprint density at radius 3 is 2.50 bits per heavy atom. The van der Waals surface area contributed by atoms with E-state index in [0.717, 1.165) is 25.7 Å². The third kappa shape index (κ3) is 2.84. The zero-order valence-electron chi connectivity index (χ0n) is 10.5. The largest absolute Gasteiger partial charge is 0.436 e. The minimum atomic E-state index is -4.51. The van der Waals surface area contributed by atoms with Crippen LogP contribution >= 0.6 is 15.9 Å². The van der Waals surface area contributed by atoms with E-state index in [9.17, 15) is 18.0 Å². The Bertz CT molecular complexity index is 547. The van der Waals surface area contributed by atoms with Gasteiger partial charge in [-0.2, -0.15) is 18.3 Å². The summed E-state index contributed by atoms with van der Waals surface area (Å²) in [6.07, 6.45) is -0.950. The van der Waals surface area contributed by atoms with Crippen LogP contribution in [0, 0.1) is 0 Å². The van der Waals surface area contributed by atoms with Crippen molar-refractivity contribution in [1.29, 1.82) is 0 Å². The summed E-state index contributed by atoms with van der Waals surface area (Å²) >= 11 is 3.00. The molecule has 0 aliphatic heterocycles. The van der Waals surface area contributed by atoms with Gasteiger partial charge in [-0.15, -0.1) is 0 Å². The second-order valence-electron chi connectivity index (χ2n) is 5.32. The summed E-state index contributed by atoms with van der Waals surface area (Å²) < 4.78 is 39.8. The molecule has 0 bridgehead atoms. The summed E-state index contributed by atoms with van der Waals surface area (Å²) in [5, 5.41) is 6.35. The standard InChI is InChI=1S/C12H13BrF3N3O/c13-9-10(6-1-2-6)19(18-11(9)12(14,15)16)5-8(20)17-7-3-4-7/h6-7H,1-5H2,(H,17,20). The summed E-state index contributed by atoms with van der Waals surface area (Å²) in [4.78, 5) is 11.8. The van der Waals surface area contributed by atoms with Crippen LogP contribution in [0.5, 0.6) is 0 Å². The molecule has 2 fully saturated rings. The van der Waals surface area contributed by atoms with Gasteiger partial charge in [-0.1, -0.05) is 0 Å². The van der Waals surface area contributed by atoms with E-state index in [2.05, 4.69) is 26.3 Å². The zero-order valence-corrected chi connectivity index (χ0v) is 12.1. The lowest BCUT2D eigenvalue weighted by atomic mass is 10.2. The molecule has 20 heavy (non-hydrogen) atoms. The minimum Gasteiger partial charge on any atom is -0.352 e. The van der Waals surface area contributed by atoms with Crippen LogP contribution in [0.4, 0.5) is 13.2 Å². The number of halogens is 4. The molecule has 2 saturated carbocycles. The van der Waals surface area contributed by atoms with E-state index in [1.165, 1.54) is 4.68 Å². The van der Waals surface area contributed by atoms with Crippen molar-refractivity contribution < 1.29 is 18.0 Å². The molecule has 1 aromatic heterocycles. The predicted molar refractivity (Wildman–Crippen MR) is 68.1 cm³/mol. The highest BCUT2D eigenvalue weighted by Gasteiger charge is 2.42. The Labute approximate surface area is 121 Å². The first-order valence-corrected chi connectivity index (χ1v) is 7.28. The van der Waals surface area contributed by atoms with Gasteiger partial charge in [0.05, 0.1) is 10.2 Å². The van der Waals surface area contributed by atoms with Crippen molar-refractivity contribution in [2.45, 2.75) is 50.4 Å². The van der Waals surface area contributed by atoms with Crippen molar-refractivity contribution in [3.05, 3.63) is 15.9 Å². The maximum absolute atomic E-state index is 12.9. The molecule has 0 aromatic carbocycles. The number of nitrogens with zero attached hydrogens (tertiary/aromatic N) is 2. The molecule has 110 valence electrons. The number of hydrogen-bond donors (Lipinski definition) is 1. The molecular formula is C12H13BrF3N3O. The van der Waals surface area contributed by atoms with Crippen molar-refractivity contribution in [3.63, 3.8) is 0 Å². The van der Waals surface area contributed by atoms with E-state index in [0.29, 0.717) is 5.69 Å². The second kappa shape index (κ2) is 4.75. The highest BCUT2D eigenvalue weighted by atomic mass is 79.9. The van der Waals surface area contributed by atoms with Crippen LogP contribution in [-0.2, 0) is 17.5 Å². The Morgan fingerprint density at radius 2 is 2.00 bits per heavy atom. The number of aromatic nitrogens is 2. The lowest BCUT2D eigenvalue weighted by Gasteiger charge is -2.07. The van der Waals surface area contributed by atoms with Crippen LogP contribution in [0.2, 0.25) is 0 Å². The molecule has 0 atom stereocenters. The smallest absolute Gasteiger partial charge is 0.352 e. The predicted octanol–water partition coefficient (Wildman–Crippen LogP) is 2.82. The van der Waals surface area contributed by atoms with Gasteiger partial charge in [0.2, 0.25) is 5.91 Å². The maximum atomic E-state index is 12.9. The fraction of sp³-hybridized carbons (Fsp3) is 0.667. The first kappa shape index (κ1) is 13.9. The Kier molecular flexibility index (Phi) is 3.30. The third-order valence-corrected chi connectivity index (χ3v) is 4.18. The number of hydrogen-bond acceptors (Lipinski definition) is 2. The van der Waals surface area contributed by atoms with Crippen LogP contribution in [-0.4, -0.2) is 21.7 Å². The molecule has 0 radical (unpaired) electrons. The van der Waals surface area contributed by atoms with Crippen molar-refractivity contribution in [2.75, 3.05) is 0 Å². The van der Waals surface area contributed by atoms with E-state index in [-0.39, 0.29) is 28.9 Å². The lowest BCUT2D eigenvalue weighted by Crippen LogP contribution is -2.30. The molecule has 3 rings (SSSR count). The van der Waals surface area contributed by atoms with Gasteiger partial charge in [-0.3, -0.25) is 9.48 Å². The Morgan fingerprint density at radius 1 is 1.35 bits per heavy atom. The minimum absolute atomic E-state index is 0.0216. The topological polar surface area (TPSA) is 46.9 Å². The summed E-state index contributed by atoms with van der Waals surface area (Å²) in [5.74, 6) is -0.208. The number of carbonyl (C=O) groups excluding carboxylic acids is 1. The van der Waals surface area contributed by atoms with Crippen molar-refractivity contribution in [1.82, 2.24) is 15.1 Å². The first-order valence-electron chi connectivity index (χ1n) is 6.49. The number of carbonyl (C=O) groups is 1. The van der Waals surface area contributed by atoms with Gasteiger partial charge in [0.15, 0.2) is 5.69 Å². The van der Waals surface area contributed by atoms with Gasteiger partial charge >= 0.3 is 6.18 Å². The van der Waals surface area contributed by atoms with Gasteiger partial charge in [0.25, 0.3) is 0 Å². The monoisotopic (exact) mass is 351 g/mol. The molecule has 4 nitrogen and oxygen atoms in total. The van der Waals surface area contributed by atoms with Crippen molar-refractivity contribution in [3.8, 4) is 0 Å². The van der Waals surface area contributed by atoms with Crippen molar-refractivity contribution >= 4 is 21.8 Å². The van der Waals surface area contributed by atoms with Crippen LogP contribution < -0.4 is 5.32 Å². The second-order valence-corrected chi connectivity index (χ2v) is 6.11. The zero-order chi connectivity index (χ0) is 14.5. The highest BCUT2D eigenvalue weighted by molar-refractivity contribution is 9.10. The average Bonchev–Trinajstić information content (AvgIpc) is 3.20. The normalized spacial score (nSPS) is 19.2. The summed E-state index contributed by atoms with van der Waals surface area (Å²) in [6, 6.07) is 0.188. The van der Waals surface area contributed by atoms with Gasteiger partial charge < -0.3 is 5.32 Å². The number of alkyl halides is 3. The molecule has 1 amide bonds. The third-order valence-electron chi connectivity index (χ3n) is 3.40. The fourth-order valence-corrected chi connectivity index (χ4v) is 2.97. The SMILES string of the molecule is O=C(Cn1nc(C(F)(F)F)c(Br)c1C1CC1)NC1CC1. The molecule has 1 N–H and O–H groups in total. The molecule has 0 saturated heterocycles. The molecule has 0 spiro atoms. The number of nitrogens with one attached hydrogen (secondary N) is 1. The summed E-state index contributed by atoms with van der Waals surface area (Å²) in [7, 11) is 0. The van der Waals surface area contributed by atoms with Crippen LogP contribution in [0.25, 0.3) is 0 Å². The molecular weight excluding hydrogens is 339 g/mol. The van der Waals surface area contributed by atoms with Gasteiger partial charge in [-0.25, -0.2) is 0 Å². The number of amides is 1. The van der Waals surface area contributed by atoms with Crippen LogP contribution in [0.3, 0.4) is 0 Å². The van der Waals surface area contributed by atoms with Crippen LogP contribution in [0.15, 0.2) is 4.47 Å². The summed E-state index contributed by atoms with van der Waals surface area (Å²) in [6.45, 7) is -0.156. The molecule has 1 heterocycles. The van der Waals surface area contributed by atoms with Gasteiger partial charge in [0.1, 0.15) is 6.54 Å². The molecule has 8 heteroatoms. The summed E-state index contributed by atoms with van der Waals surface area (Å²) in [5.41, 5.74) is -0.457. The van der Waals surface area contributed by atoms with Gasteiger partial charge in [0, 0.05) is 12.0 Å². The molecule has 2 aliphatic rings. The average molecular weight is 352 g/mol. The van der Waals surface area contributed by atoms with E-state index in [1.54, 1.807) is 0 Å². The van der Waals surface area contributed by atoms with E-state index >= 15 is 0 Å². The maximum Gasteiger partial charge on any atom is 0.436 e. The van der Waals surface area contributed by atoms with E-state index < -0.39 is 11.9 Å². The molecule has 2 aliphatic carbocycles. The Balaban J connectivity index is 1.86. The van der Waals surface area contributed by atoms with E-state index in [1.807, 2.05) is 0 Å². The van der Waals surface area contributed by atoms with Crippen molar-refractivity contribution in [2.24, 2.45) is 0 Å². The highest BCUT2D eigenvalue weighted by Crippen LogP contribution is 2.46. The van der Waals surface area contributed by atoms with E-state index in [4.69, 9.17) is 0 Å². The first-order chi connectivity index (χ1) is 9.36. The Hall–Kier alpha value is -1.05. The molecule has 1 aromatic rings. The quantitative estimate of drug-likeness (QED) is 0.906. The van der Waals surface area contributed by atoms with Crippen LogP contribution in [0.1, 0.15) is 43.0 Å². The van der Waals surface area contributed by atoms with Gasteiger partial charge in [-0.05, 0) is 41.6 Å². The lowest BCUT2D eigenvalue weighted by molar-refractivity contribution is -0.142. The fourth-order valence-electron chi connectivity index (χ4n) is 2.14. The number of rotatable bonds is 4.